The van der Waals surface area contributed by atoms with Crippen LogP contribution in [0, 0.1) is 0 Å². The van der Waals surface area contributed by atoms with Crippen LogP contribution in [0.4, 0.5) is 5.00 Å². The Labute approximate surface area is 213 Å². The van der Waals surface area contributed by atoms with Gasteiger partial charge in [-0.1, -0.05) is 73.1 Å². The molecule has 1 amide bonds. The van der Waals surface area contributed by atoms with E-state index in [1.165, 1.54) is 23.5 Å². The van der Waals surface area contributed by atoms with Crippen molar-refractivity contribution in [1.29, 1.82) is 0 Å². The van der Waals surface area contributed by atoms with Gasteiger partial charge in [-0.15, -0.1) is 11.3 Å². The number of nitrogens with one attached hydrogen (secondary N) is 1. The van der Waals surface area contributed by atoms with Crippen LogP contribution in [-0.2, 0) is 21.1 Å². The van der Waals surface area contributed by atoms with Gasteiger partial charge in [-0.2, -0.15) is 0 Å². The Morgan fingerprint density at radius 1 is 0.914 bits per heavy atom. The molecule has 178 valence electrons. The molecule has 0 radical (unpaired) electrons. The van der Waals surface area contributed by atoms with Crippen LogP contribution in [0.25, 0.3) is 11.1 Å². The maximum absolute atomic E-state index is 13.3. The second-order valence-corrected chi connectivity index (χ2v) is 11.6. The predicted molar refractivity (Wildman–Crippen MR) is 141 cm³/mol. The van der Waals surface area contributed by atoms with Crippen LogP contribution < -0.4 is 5.32 Å². The molecule has 1 N–H and O–H groups in total. The molecule has 0 saturated heterocycles. The average Bonchev–Trinajstić information content (AvgIpc) is 3.28. The largest absolute Gasteiger partial charge is 0.317 e. The van der Waals surface area contributed by atoms with Gasteiger partial charge in [0.2, 0.25) is 11.7 Å². The second kappa shape index (κ2) is 10.6. The van der Waals surface area contributed by atoms with Gasteiger partial charge >= 0.3 is 0 Å². The maximum atomic E-state index is 13.3. The zero-order valence-corrected chi connectivity index (χ0v) is 21.2. The summed E-state index contributed by atoms with van der Waals surface area (Å²) in [4.78, 5) is 26.7. The van der Waals surface area contributed by atoms with Gasteiger partial charge in [-0.05, 0) is 41.5 Å². The summed E-state index contributed by atoms with van der Waals surface area (Å²) in [6, 6.07) is 24.3. The quantitative estimate of drug-likeness (QED) is 0.276. The molecule has 0 aliphatic heterocycles. The third-order valence-electron chi connectivity index (χ3n) is 5.42. The van der Waals surface area contributed by atoms with Crippen LogP contribution in [0.2, 0.25) is 5.02 Å². The minimum absolute atomic E-state index is 0.0190. The topological polar surface area (TPSA) is 80.3 Å². The lowest BCUT2D eigenvalue weighted by Gasteiger charge is -2.05. The number of thiophene rings is 1. The first-order valence-electron chi connectivity index (χ1n) is 10.9. The summed E-state index contributed by atoms with van der Waals surface area (Å²) >= 11 is 7.25. The number of hydrogen-bond acceptors (Lipinski definition) is 5. The van der Waals surface area contributed by atoms with Gasteiger partial charge in [-0.3, -0.25) is 9.59 Å². The van der Waals surface area contributed by atoms with Gasteiger partial charge in [0.05, 0.1) is 26.9 Å². The number of carbonyl (C=O) groups is 2. The lowest BCUT2D eigenvalue weighted by molar-refractivity contribution is -0.115. The van der Waals surface area contributed by atoms with Crippen molar-refractivity contribution in [2.45, 2.75) is 18.2 Å². The molecule has 1 aromatic heterocycles. The average molecular weight is 524 g/mol. The fourth-order valence-corrected chi connectivity index (χ4v) is 5.60. The van der Waals surface area contributed by atoms with Gasteiger partial charge in [0.1, 0.15) is 0 Å². The Morgan fingerprint density at radius 2 is 1.57 bits per heavy atom. The summed E-state index contributed by atoms with van der Waals surface area (Å²) < 4.78 is 24.0. The van der Waals surface area contributed by atoms with Crippen LogP contribution in [-0.4, -0.2) is 25.9 Å². The predicted octanol–water partition coefficient (Wildman–Crippen LogP) is 6.27. The monoisotopic (exact) mass is 523 g/mol. The molecule has 4 rings (SSSR count). The third kappa shape index (κ3) is 5.88. The Morgan fingerprint density at radius 3 is 2.20 bits per heavy atom. The summed E-state index contributed by atoms with van der Waals surface area (Å²) in [5.74, 6) is -0.377. The van der Waals surface area contributed by atoms with E-state index in [-0.39, 0.29) is 28.8 Å². The van der Waals surface area contributed by atoms with Crippen LogP contribution >= 0.6 is 22.9 Å². The van der Waals surface area contributed by atoms with Crippen molar-refractivity contribution >= 4 is 49.5 Å². The van der Waals surface area contributed by atoms with Gasteiger partial charge in [0.15, 0.2) is 9.84 Å². The van der Waals surface area contributed by atoms with E-state index in [2.05, 4.69) is 5.32 Å². The van der Waals surface area contributed by atoms with E-state index in [0.717, 1.165) is 5.56 Å². The van der Waals surface area contributed by atoms with E-state index in [4.69, 9.17) is 11.6 Å². The number of hydrogen-bond donors (Lipinski definition) is 1. The fourth-order valence-electron chi connectivity index (χ4n) is 3.53. The van der Waals surface area contributed by atoms with E-state index in [1.54, 1.807) is 49.4 Å². The highest BCUT2D eigenvalue weighted by atomic mass is 35.5. The number of benzene rings is 3. The van der Waals surface area contributed by atoms with Crippen molar-refractivity contribution in [2.24, 2.45) is 0 Å². The third-order valence-corrected chi connectivity index (χ3v) is 8.47. The number of carbonyl (C=O) groups excluding carboxylic acids is 2. The Hall–Kier alpha value is -3.26. The Bertz CT molecular complexity index is 1460. The number of ketones is 1. The lowest BCUT2D eigenvalue weighted by Crippen LogP contribution is -2.13. The molecule has 0 saturated carbocycles. The van der Waals surface area contributed by atoms with Crippen LogP contribution in [0.5, 0.6) is 0 Å². The minimum Gasteiger partial charge on any atom is -0.317 e. The van der Waals surface area contributed by atoms with Gasteiger partial charge in [0.25, 0.3) is 0 Å². The highest BCUT2D eigenvalue weighted by Crippen LogP contribution is 2.37. The first kappa shape index (κ1) is 24.9. The van der Waals surface area contributed by atoms with E-state index in [9.17, 15) is 18.0 Å². The van der Waals surface area contributed by atoms with Gasteiger partial charge < -0.3 is 5.32 Å². The fraction of sp³-hybridized carbons (Fsp3) is 0.111. The number of rotatable bonds is 8. The standard InChI is InChI=1S/C27H22ClNO4S2/c1-2-35(32,33)22-14-8-18(9-15-22)16-24(30)29-25-17-23(19-10-12-21(28)13-11-19)27(34-25)26(31)20-6-4-3-5-7-20/h3-15,17H,2,16H2,1H3,(H,29,30). The van der Waals surface area contributed by atoms with E-state index >= 15 is 0 Å². The van der Waals surface area contributed by atoms with Crippen LogP contribution in [0.3, 0.4) is 0 Å². The summed E-state index contributed by atoms with van der Waals surface area (Å²) in [7, 11) is -3.29. The number of sulfone groups is 1. The molecule has 0 unspecified atom stereocenters. The summed E-state index contributed by atoms with van der Waals surface area (Å²) in [6.45, 7) is 1.59. The summed E-state index contributed by atoms with van der Waals surface area (Å²) in [6.07, 6.45) is 0.0720. The number of anilines is 1. The van der Waals surface area contributed by atoms with Crippen molar-refractivity contribution in [2.75, 3.05) is 11.1 Å². The van der Waals surface area contributed by atoms with Crippen molar-refractivity contribution in [1.82, 2.24) is 0 Å². The molecule has 0 fully saturated rings. The molecule has 0 aliphatic carbocycles. The molecular weight excluding hydrogens is 502 g/mol. The maximum Gasteiger partial charge on any atom is 0.229 e. The van der Waals surface area contributed by atoms with Gasteiger partial charge in [-0.25, -0.2) is 8.42 Å². The molecule has 0 aliphatic rings. The van der Waals surface area contributed by atoms with Crippen molar-refractivity contribution in [3.05, 3.63) is 106 Å². The Balaban J connectivity index is 1.58. The molecule has 4 aromatic rings. The SMILES string of the molecule is CCS(=O)(=O)c1ccc(CC(=O)Nc2cc(-c3ccc(Cl)cc3)c(C(=O)c3ccccc3)s2)cc1. The zero-order valence-electron chi connectivity index (χ0n) is 18.8. The van der Waals surface area contributed by atoms with Crippen LogP contribution in [0.15, 0.2) is 89.8 Å². The molecule has 0 spiro atoms. The zero-order chi connectivity index (χ0) is 25.0. The molecule has 35 heavy (non-hydrogen) atoms. The van der Waals surface area contributed by atoms with Gasteiger partial charge in [0, 0.05) is 16.1 Å². The lowest BCUT2D eigenvalue weighted by atomic mass is 10.0. The van der Waals surface area contributed by atoms with Crippen molar-refractivity contribution < 1.29 is 18.0 Å². The molecule has 8 heteroatoms. The molecule has 1 heterocycles. The van der Waals surface area contributed by atoms with E-state index in [1.807, 2.05) is 30.3 Å². The molecule has 0 bridgehead atoms. The molecule has 0 atom stereocenters. The highest BCUT2D eigenvalue weighted by Gasteiger charge is 2.20. The van der Waals surface area contributed by atoms with Crippen molar-refractivity contribution in [3.63, 3.8) is 0 Å². The van der Waals surface area contributed by atoms with E-state index in [0.29, 0.717) is 31.6 Å². The number of halogens is 1. The first-order valence-corrected chi connectivity index (χ1v) is 13.7. The summed E-state index contributed by atoms with van der Waals surface area (Å²) in [5.41, 5.74) is 2.78. The van der Waals surface area contributed by atoms with Crippen LogP contribution in [0.1, 0.15) is 27.7 Å². The minimum atomic E-state index is -3.29. The summed E-state index contributed by atoms with van der Waals surface area (Å²) in [5, 5.41) is 4.01. The molecular formula is C27H22ClNO4S2. The normalized spacial score (nSPS) is 11.3. The smallest absolute Gasteiger partial charge is 0.229 e. The number of amides is 1. The van der Waals surface area contributed by atoms with Crippen molar-refractivity contribution in [3.8, 4) is 11.1 Å². The molecule has 3 aromatic carbocycles. The first-order chi connectivity index (χ1) is 16.8. The highest BCUT2D eigenvalue weighted by molar-refractivity contribution is 7.91. The van der Waals surface area contributed by atoms with E-state index < -0.39 is 9.84 Å². The molecule has 5 nitrogen and oxygen atoms in total. The Kier molecular flexibility index (Phi) is 7.50. The second-order valence-electron chi connectivity index (χ2n) is 7.83.